The van der Waals surface area contributed by atoms with Gasteiger partial charge in [0, 0.05) is 17.9 Å². The Kier molecular flexibility index (Phi) is 6.24. The highest BCUT2D eigenvalue weighted by Crippen LogP contribution is 2.39. The maximum atomic E-state index is 12.9. The third-order valence-corrected chi connectivity index (χ3v) is 5.90. The predicted octanol–water partition coefficient (Wildman–Crippen LogP) is 5.60. The first-order valence-corrected chi connectivity index (χ1v) is 10.3. The molecule has 0 unspecified atom stereocenters. The second kappa shape index (κ2) is 8.61. The molecule has 4 heteroatoms. The molecule has 134 valence electrons. The molecule has 0 aliphatic carbocycles. The van der Waals surface area contributed by atoms with Crippen molar-refractivity contribution in [2.45, 2.75) is 51.3 Å². The van der Waals surface area contributed by atoms with Gasteiger partial charge in [-0.3, -0.25) is 4.79 Å². The van der Waals surface area contributed by atoms with Crippen LogP contribution in [0.25, 0.3) is 0 Å². The lowest BCUT2D eigenvalue weighted by molar-refractivity contribution is 0.0749. The topological polar surface area (TPSA) is 33.5 Å². The van der Waals surface area contributed by atoms with Crippen LogP contribution in [0.3, 0.4) is 0 Å². The van der Waals surface area contributed by atoms with Gasteiger partial charge < -0.3 is 9.32 Å². The number of thioether (sulfide) groups is 1. The number of hydrogen-bond donors (Lipinski definition) is 0. The molecule has 2 aromatic rings. The molecular weight excluding hydrogens is 330 g/mol. The average molecular weight is 358 g/mol. The van der Waals surface area contributed by atoms with Crippen LogP contribution in [0.2, 0.25) is 0 Å². The zero-order valence-electron chi connectivity index (χ0n) is 15.2. The minimum absolute atomic E-state index is 0.00470. The maximum absolute atomic E-state index is 12.9. The Morgan fingerprint density at radius 3 is 2.64 bits per heavy atom. The average Bonchev–Trinajstić information content (AvgIpc) is 3.27. The molecule has 1 aliphatic rings. The van der Waals surface area contributed by atoms with Gasteiger partial charge in [0.05, 0.1) is 0 Å². The minimum Gasteiger partial charge on any atom is -0.463 e. The van der Waals surface area contributed by atoms with Crippen molar-refractivity contribution in [3.05, 3.63) is 59.0 Å². The number of furan rings is 1. The molecule has 0 saturated carbocycles. The van der Waals surface area contributed by atoms with Crippen molar-refractivity contribution in [3.63, 3.8) is 0 Å². The van der Waals surface area contributed by atoms with Crippen molar-refractivity contribution >= 4 is 17.7 Å². The summed E-state index contributed by atoms with van der Waals surface area (Å²) in [5.74, 6) is 2.82. The Hall–Kier alpha value is -1.68. The number of unbranched alkanes of at least 4 members (excludes halogenated alkanes) is 3. The van der Waals surface area contributed by atoms with E-state index in [0.717, 1.165) is 35.8 Å². The Balaban J connectivity index is 1.63. The van der Waals surface area contributed by atoms with Gasteiger partial charge in [-0.1, -0.05) is 38.3 Å². The van der Waals surface area contributed by atoms with Crippen LogP contribution in [0.4, 0.5) is 0 Å². The SMILES string of the molecule is CCCCCCc1ccc(C(=O)N2CCS[C@@H]2c2ccc(C)o2)cc1. The molecule has 1 aliphatic heterocycles. The molecule has 0 spiro atoms. The molecule has 0 bridgehead atoms. The van der Waals surface area contributed by atoms with Gasteiger partial charge in [-0.2, -0.15) is 0 Å². The van der Waals surface area contributed by atoms with Crippen molar-refractivity contribution < 1.29 is 9.21 Å². The quantitative estimate of drug-likeness (QED) is 0.605. The van der Waals surface area contributed by atoms with E-state index in [1.165, 1.54) is 31.2 Å². The van der Waals surface area contributed by atoms with Crippen LogP contribution in [-0.2, 0) is 6.42 Å². The van der Waals surface area contributed by atoms with E-state index in [1.54, 1.807) is 11.8 Å². The fourth-order valence-electron chi connectivity index (χ4n) is 3.24. The molecule has 1 amide bonds. The molecule has 1 atom stereocenters. The van der Waals surface area contributed by atoms with Crippen LogP contribution in [-0.4, -0.2) is 23.1 Å². The van der Waals surface area contributed by atoms with Crippen LogP contribution in [0.5, 0.6) is 0 Å². The molecule has 3 rings (SSSR count). The fourth-order valence-corrected chi connectivity index (χ4v) is 4.43. The summed E-state index contributed by atoms with van der Waals surface area (Å²) in [7, 11) is 0. The van der Waals surface area contributed by atoms with Crippen LogP contribution in [0, 0.1) is 6.92 Å². The minimum atomic E-state index is -0.00470. The Morgan fingerprint density at radius 1 is 1.16 bits per heavy atom. The first-order chi connectivity index (χ1) is 12.2. The monoisotopic (exact) mass is 357 g/mol. The second-order valence-electron chi connectivity index (χ2n) is 6.68. The number of hydrogen-bond acceptors (Lipinski definition) is 3. The van der Waals surface area contributed by atoms with Crippen molar-refractivity contribution in [1.82, 2.24) is 4.90 Å². The normalized spacial score (nSPS) is 17.2. The fraction of sp³-hybridized carbons (Fsp3) is 0.476. The molecular formula is C21H27NO2S. The van der Waals surface area contributed by atoms with E-state index in [-0.39, 0.29) is 11.3 Å². The van der Waals surface area contributed by atoms with E-state index in [4.69, 9.17) is 4.42 Å². The summed E-state index contributed by atoms with van der Waals surface area (Å²) in [6, 6.07) is 12.1. The van der Waals surface area contributed by atoms with E-state index in [0.29, 0.717) is 0 Å². The lowest BCUT2D eigenvalue weighted by Crippen LogP contribution is -2.30. The molecule has 1 aromatic carbocycles. The number of amides is 1. The molecule has 0 radical (unpaired) electrons. The number of rotatable bonds is 7. The van der Waals surface area contributed by atoms with Crippen LogP contribution < -0.4 is 0 Å². The standard InChI is InChI=1S/C21H27NO2S/c1-3-4-5-6-7-17-9-11-18(12-10-17)20(23)22-14-15-25-21(22)19-13-8-16(2)24-19/h8-13,21H,3-7,14-15H2,1-2H3/t21-/m1/s1. The van der Waals surface area contributed by atoms with E-state index in [1.807, 2.05) is 36.1 Å². The third-order valence-electron chi connectivity index (χ3n) is 4.68. The second-order valence-corrected chi connectivity index (χ2v) is 7.87. The first-order valence-electron chi connectivity index (χ1n) is 9.27. The molecule has 1 saturated heterocycles. The number of carbonyl (C=O) groups is 1. The van der Waals surface area contributed by atoms with Gasteiger partial charge in [-0.25, -0.2) is 0 Å². The van der Waals surface area contributed by atoms with Gasteiger partial charge in [-0.05, 0) is 49.6 Å². The van der Waals surface area contributed by atoms with E-state index in [9.17, 15) is 4.79 Å². The largest absolute Gasteiger partial charge is 0.463 e. The van der Waals surface area contributed by atoms with Crippen molar-refractivity contribution in [1.29, 1.82) is 0 Å². The predicted molar refractivity (Wildman–Crippen MR) is 104 cm³/mol. The number of nitrogens with zero attached hydrogens (tertiary/aromatic N) is 1. The summed E-state index contributed by atoms with van der Waals surface area (Å²) in [5, 5.41) is -0.00470. The molecule has 3 nitrogen and oxygen atoms in total. The Bertz CT molecular complexity index is 692. The van der Waals surface area contributed by atoms with Gasteiger partial charge in [-0.15, -0.1) is 11.8 Å². The summed E-state index contributed by atoms with van der Waals surface area (Å²) in [5.41, 5.74) is 2.09. The molecule has 25 heavy (non-hydrogen) atoms. The summed E-state index contributed by atoms with van der Waals surface area (Å²) in [6.45, 7) is 4.94. The van der Waals surface area contributed by atoms with Crippen molar-refractivity contribution in [2.24, 2.45) is 0 Å². The molecule has 0 N–H and O–H groups in total. The maximum Gasteiger partial charge on any atom is 0.255 e. The molecule has 1 aromatic heterocycles. The highest BCUT2D eigenvalue weighted by Gasteiger charge is 2.33. The summed E-state index contributed by atoms with van der Waals surface area (Å²) in [4.78, 5) is 14.8. The lowest BCUT2D eigenvalue weighted by Gasteiger charge is -2.22. The van der Waals surface area contributed by atoms with Crippen LogP contribution in [0.15, 0.2) is 40.8 Å². The summed E-state index contributed by atoms with van der Waals surface area (Å²) < 4.78 is 5.75. The smallest absolute Gasteiger partial charge is 0.255 e. The van der Waals surface area contributed by atoms with Crippen molar-refractivity contribution in [3.8, 4) is 0 Å². The van der Waals surface area contributed by atoms with Gasteiger partial charge in [0.15, 0.2) is 0 Å². The Labute approximate surface area is 154 Å². The zero-order valence-corrected chi connectivity index (χ0v) is 16.0. The highest BCUT2D eigenvalue weighted by molar-refractivity contribution is 7.99. The van der Waals surface area contributed by atoms with Crippen LogP contribution >= 0.6 is 11.8 Å². The molecule has 1 fully saturated rings. The highest BCUT2D eigenvalue weighted by atomic mass is 32.2. The van der Waals surface area contributed by atoms with Crippen LogP contribution in [0.1, 0.15) is 65.4 Å². The number of carbonyl (C=O) groups excluding carboxylic acids is 1. The third kappa shape index (κ3) is 4.49. The van der Waals surface area contributed by atoms with E-state index < -0.39 is 0 Å². The van der Waals surface area contributed by atoms with Gasteiger partial charge in [0.25, 0.3) is 5.91 Å². The summed E-state index contributed by atoms with van der Waals surface area (Å²) in [6.07, 6.45) is 6.17. The van der Waals surface area contributed by atoms with Gasteiger partial charge >= 0.3 is 0 Å². The number of benzene rings is 1. The lowest BCUT2D eigenvalue weighted by atomic mass is 10.0. The molecule has 2 heterocycles. The zero-order chi connectivity index (χ0) is 17.6. The summed E-state index contributed by atoms with van der Waals surface area (Å²) >= 11 is 1.77. The van der Waals surface area contributed by atoms with Gasteiger partial charge in [0.2, 0.25) is 0 Å². The van der Waals surface area contributed by atoms with Gasteiger partial charge in [0.1, 0.15) is 16.9 Å². The Morgan fingerprint density at radius 2 is 1.96 bits per heavy atom. The van der Waals surface area contributed by atoms with E-state index in [2.05, 4.69) is 19.1 Å². The van der Waals surface area contributed by atoms with Crippen molar-refractivity contribution in [2.75, 3.05) is 12.3 Å². The first kappa shape index (κ1) is 18.1. The number of aryl methyl sites for hydroxylation is 2. The van der Waals surface area contributed by atoms with E-state index >= 15 is 0 Å².